The second-order valence-electron chi connectivity index (χ2n) is 4.26. The molecule has 4 nitrogen and oxygen atoms in total. The molecule has 0 bridgehead atoms. The van der Waals surface area contributed by atoms with E-state index in [0.29, 0.717) is 28.8 Å². The molecule has 92 valence electrons. The number of halogens is 1. The van der Waals surface area contributed by atoms with Gasteiger partial charge in [0.25, 0.3) is 0 Å². The lowest BCUT2D eigenvalue weighted by molar-refractivity contribution is 0.0888. The molecule has 0 aliphatic carbocycles. The molecule has 1 aliphatic rings. The van der Waals surface area contributed by atoms with Gasteiger partial charge in [0.2, 0.25) is 0 Å². The van der Waals surface area contributed by atoms with Crippen molar-refractivity contribution in [2.24, 2.45) is 7.05 Å². The maximum absolute atomic E-state index is 12.4. The fourth-order valence-electron chi connectivity index (χ4n) is 2.16. The Hall–Kier alpha value is -1.81. The summed E-state index contributed by atoms with van der Waals surface area (Å²) in [5.41, 5.74) is 0.529. The lowest BCUT2D eigenvalue weighted by Gasteiger charge is -2.23. The first-order chi connectivity index (χ1) is 8.66. The predicted octanol–water partition coefficient (Wildman–Crippen LogP) is 2.43. The normalized spacial score (nSPS) is 18.3. The summed E-state index contributed by atoms with van der Waals surface area (Å²) >= 11 is 5.92. The first-order valence-electron chi connectivity index (χ1n) is 5.60. The molecule has 2 aromatic rings. The van der Waals surface area contributed by atoms with Crippen LogP contribution in [0.1, 0.15) is 22.1 Å². The zero-order chi connectivity index (χ0) is 12.7. The van der Waals surface area contributed by atoms with E-state index in [4.69, 9.17) is 16.3 Å². The molecule has 18 heavy (non-hydrogen) atoms. The molecule has 0 saturated carbocycles. The molecule has 1 aromatic carbocycles. The molecule has 1 atom stereocenters. The molecule has 1 aromatic heterocycles. The van der Waals surface area contributed by atoms with Gasteiger partial charge in [-0.25, -0.2) is 4.98 Å². The van der Waals surface area contributed by atoms with E-state index in [0.717, 1.165) is 0 Å². The van der Waals surface area contributed by atoms with Crippen molar-refractivity contribution >= 4 is 17.4 Å². The van der Waals surface area contributed by atoms with Gasteiger partial charge in [-0.15, -0.1) is 0 Å². The van der Waals surface area contributed by atoms with Crippen molar-refractivity contribution < 1.29 is 9.53 Å². The van der Waals surface area contributed by atoms with Crippen molar-refractivity contribution in [3.05, 3.63) is 47.0 Å². The number of ketones is 1. The number of Topliss-reactive ketones (excluding diaryl/α,β-unsaturated/α-hetero) is 1. The summed E-state index contributed by atoms with van der Waals surface area (Å²) in [7, 11) is 1.86. The van der Waals surface area contributed by atoms with E-state index in [2.05, 4.69) is 4.98 Å². The second-order valence-corrected chi connectivity index (χ2v) is 4.70. The molecule has 0 spiro atoms. The minimum atomic E-state index is -0.365. The largest absolute Gasteiger partial charge is 0.492 e. The predicted molar refractivity (Wildman–Crippen MR) is 67.2 cm³/mol. The smallest absolute Gasteiger partial charge is 0.180 e. The van der Waals surface area contributed by atoms with E-state index in [-0.39, 0.29) is 11.7 Å². The zero-order valence-corrected chi connectivity index (χ0v) is 10.5. The minimum Gasteiger partial charge on any atom is -0.492 e. The highest BCUT2D eigenvalue weighted by Gasteiger charge is 2.32. The van der Waals surface area contributed by atoms with Crippen LogP contribution in [-0.4, -0.2) is 21.9 Å². The molecule has 3 rings (SSSR count). The fraction of sp³-hybridized carbons (Fsp3) is 0.231. The zero-order valence-electron chi connectivity index (χ0n) is 9.76. The highest BCUT2D eigenvalue weighted by molar-refractivity contribution is 6.31. The molecule has 5 heteroatoms. The van der Waals surface area contributed by atoms with Crippen molar-refractivity contribution in [1.82, 2.24) is 9.55 Å². The number of imidazole rings is 1. The number of benzene rings is 1. The second kappa shape index (κ2) is 4.14. The third-order valence-corrected chi connectivity index (χ3v) is 3.33. The number of carbonyl (C=O) groups excluding carboxylic acids is 1. The van der Waals surface area contributed by atoms with Crippen LogP contribution in [0.4, 0.5) is 0 Å². The number of fused-ring (bicyclic) bond motifs is 1. The molecule has 1 aliphatic heterocycles. The van der Waals surface area contributed by atoms with Crippen LogP contribution >= 0.6 is 11.6 Å². The van der Waals surface area contributed by atoms with E-state index in [1.165, 1.54) is 0 Å². The SMILES string of the molecule is Cn1ccnc1C1COc2ccc(Cl)cc2C1=O. The van der Waals surface area contributed by atoms with Gasteiger partial charge in [-0.2, -0.15) is 0 Å². The maximum atomic E-state index is 12.4. The van der Waals surface area contributed by atoms with E-state index in [1.807, 2.05) is 17.8 Å². The van der Waals surface area contributed by atoms with Crippen molar-refractivity contribution in [3.8, 4) is 5.75 Å². The number of hydrogen-bond acceptors (Lipinski definition) is 3. The van der Waals surface area contributed by atoms with Crippen molar-refractivity contribution in [2.45, 2.75) is 5.92 Å². The van der Waals surface area contributed by atoms with Gasteiger partial charge in [0.15, 0.2) is 5.78 Å². The van der Waals surface area contributed by atoms with E-state index in [1.54, 1.807) is 24.4 Å². The van der Waals surface area contributed by atoms with Crippen LogP contribution < -0.4 is 4.74 Å². The lowest BCUT2D eigenvalue weighted by atomic mass is 9.94. The number of hydrogen-bond donors (Lipinski definition) is 0. The molecule has 0 N–H and O–H groups in total. The van der Waals surface area contributed by atoms with Crippen LogP contribution in [0.3, 0.4) is 0 Å². The molecule has 0 fully saturated rings. The number of carbonyl (C=O) groups is 1. The Morgan fingerprint density at radius 3 is 3.06 bits per heavy atom. The molecule has 0 saturated heterocycles. The van der Waals surface area contributed by atoms with Crippen LogP contribution in [-0.2, 0) is 7.05 Å². The average molecular weight is 263 g/mol. The Kier molecular flexibility index (Phi) is 2.59. The van der Waals surface area contributed by atoms with E-state index < -0.39 is 0 Å². The molecular formula is C13H11ClN2O2. The summed E-state index contributed by atoms with van der Waals surface area (Å²) < 4.78 is 7.44. The number of nitrogens with zero attached hydrogens (tertiary/aromatic N) is 2. The average Bonchev–Trinajstić information content (AvgIpc) is 2.77. The first kappa shape index (κ1) is 11.3. The molecule has 0 amide bonds. The van der Waals surface area contributed by atoms with Gasteiger partial charge >= 0.3 is 0 Å². The number of rotatable bonds is 1. The Bertz CT molecular complexity index is 621. The van der Waals surface area contributed by atoms with Crippen LogP contribution in [0.25, 0.3) is 0 Å². The third-order valence-electron chi connectivity index (χ3n) is 3.10. The number of ether oxygens (including phenoxy) is 1. The van der Waals surface area contributed by atoms with Gasteiger partial charge in [0.05, 0.1) is 5.56 Å². The van der Waals surface area contributed by atoms with Gasteiger partial charge in [0.1, 0.15) is 24.1 Å². The van der Waals surface area contributed by atoms with Gasteiger partial charge < -0.3 is 9.30 Å². The summed E-state index contributed by atoms with van der Waals surface area (Å²) in [4.78, 5) is 16.6. The molecular weight excluding hydrogens is 252 g/mol. The van der Waals surface area contributed by atoms with Crippen molar-refractivity contribution in [1.29, 1.82) is 0 Å². The lowest BCUT2D eigenvalue weighted by Crippen LogP contribution is -2.28. The molecule has 2 heterocycles. The Balaban J connectivity index is 2.04. The molecule has 0 radical (unpaired) electrons. The quantitative estimate of drug-likeness (QED) is 0.793. The summed E-state index contributed by atoms with van der Waals surface area (Å²) in [5.74, 6) is 0.949. The van der Waals surface area contributed by atoms with Crippen molar-refractivity contribution in [2.75, 3.05) is 6.61 Å². The summed E-state index contributed by atoms with van der Waals surface area (Å²) in [6.07, 6.45) is 3.49. The van der Waals surface area contributed by atoms with Gasteiger partial charge in [-0.3, -0.25) is 4.79 Å². The van der Waals surface area contributed by atoms with E-state index >= 15 is 0 Å². The van der Waals surface area contributed by atoms with Crippen LogP contribution in [0.5, 0.6) is 5.75 Å². The third kappa shape index (κ3) is 1.69. The number of aromatic nitrogens is 2. The summed E-state index contributed by atoms with van der Waals surface area (Å²) in [6, 6.07) is 5.09. The van der Waals surface area contributed by atoms with Crippen molar-refractivity contribution in [3.63, 3.8) is 0 Å². The van der Waals surface area contributed by atoms with Gasteiger partial charge in [-0.1, -0.05) is 11.6 Å². The Morgan fingerprint density at radius 1 is 1.50 bits per heavy atom. The highest BCUT2D eigenvalue weighted by atomic mass is 35.5. The van der Waals surface area contributed by atoms with Gasteiger partial charge in [0, 0.05) is 24.5 Å². The molecule has 1 unspecified atom stereocenters. The van der Waals surface area contributed by atoms with Gasteiger partial charge in [-0.05, 0) is 18.2 Å². The van der Waals surface area contributed by atoms with Crippen LogP contribution in [0, 0.1) is 0 Å². The van der Waals surface area contributed by atoms with E-state index in [9.17, 15) is 4.79 Å². The Labute approximate surface area is 109 Å². The maximum Gasteiger partial charge on any atom is 0.180 e. The minimum absolute atomic E-state index is 0.00745. The number of aryl methyl sites for hydroxylation is 1. The van der Waals surface area contributed by atoms with Crippen LogP contribution in [0.2, 0.25) is 5.02 Å². The fourth-order valence-corrected chi connectivity index (χ4v) is 2.33. The summed E-state index contributed by atoms with van der Waals surface area (Å²) in [5, 5.41) is 0.534. The standard InChI is InChI=1S/C13H11ClN2O2/c1-16-5-4-15-13(16)10-7-18-11-3-2-8(14)6-9(11)12(10)17/h2-6,10H,7H2,1H3. The summed E-state index contributed by atoms with van der Waals surface area (Å²) in [6.45, 7) is 0.318. The monoisotopic (exact) mass is 262 g/mol. The Morgan fingerprint density at radius 2 is 2.33 bits per heavy atom. The topological polar surface area (TPSA) is 44.1 Å². The highest BCUT2D eigenvalue weighted by Crippen LogP contribution is 2.33. The first-order valence-corrected chi connectivity index (χ1v) is 5.98. The van der Waals surface area contributed by atoms with Crippen LogP contribution in [0.15, 0.2) is 30.6 Å².